The van der Waals surface area contributed by atoms with Gasteiger partial charge in [0.15, 0.2) is 5.96 Å². The van der Waals surface area contributed by atoms with Crippen molar-refractivity contribution in [2.24, 2.45) is 4.99 Å². The maximum atomic E-state index is 4.33. The van der Waals surface area contributed by atoms with Gasteiger partial charge in [-0.1, -0.05) is 50.2 Å². The van der Waals surface area contributed by atoms with E-state index in [1.54, 1.807) is 7.05 Å². The second kappa shape index (κ2) is 8.32. The van der Waals surface area contributed by atoms with Crippen LogP contribution in [-0.4, -0.2) is 31.1 Å². The molecule has 0 unspecified atom stereocenters. The van der Waals surface area contributed by atoms with Crippen molar-refractivity contribution in [2.45, 2.75) is 25.7 Å². The van der Waals surface area contributed by atoms with E-state index < -0.39 is 0 Å². The molecule has 2 aromatic rings. The van der Waals surface area contributed by atoms with Crippen LogP contribution in [0.15, 0.2) is 59.7 Å². The Balaban J connectivity index is 1.81. The zero-order chi connectivity index (χ0) is 16.5. The van der Waals surface area contributed by atoms with Gasteiger partial charge in [0.25, 0.3) is 0 Å². The van der Waals surface area contributed by atoms with Crippen molar-refractivity contribution in [1.82, 2.24) is 15.6 Å². The summed E-state index contributed by atoms with van der Waals surface area (Å²) in [5.41, 5.74) is 2.44. The maximum Gasteiger partial charge on any atom is 0.191 e. The molecule has 0 bridgehead atoms. The molecule has 0 saturated heterocycles. The summed E-state index contributed by atoms with van der Waals surface area (Å²) < 4.78 is 0. The average Bonchev–Trinajstić information content (AvgIpc) is 2.59. The van der Waals surface area contributed by atoms with Gasteiger partial charge in [-0.3, -0.25) is 9.98 Å². The molecule has 4 heteroatoms. The van der Waals surface area contributed by atoms with Gasteiger partial charge in [-0.2, -0.15) is 0 Å². The lowest BCUT2D eigenvalue weighted by molar-refractivity contribution is 0.508. The first-order valence-corrected chi connectivity index (χ1v) is 8.02. The molecule has 0 atom stereocenters. The average molecular weight is 310 g/mol. The van der Waals surface area contributed by atoms with Crippen LogP contribution >= 0.6 is 0 Å². The SMILES string of the molecule is CN=C(NCCc1ccccn1)NCC(C)(C)c1ccccc1. The Kier molecular flexibility index (Phi) is 6.15. The highest BCUT2D eigenvalue weighted by Crippen LogP contribution is 2.21. The van der Waals surface area contributed by atoms with E-state index in [4.69, 9.17) is 0 Å². The van der Waals surface area contributed by atoms with Gasteiger partial charge in [0.2, 0.25) is 0 Å². The van der Waals surface area contributed by atoms with Gasteiger partial charge < -0.3 is 10.6 Å². The third kappa shape index (κ3) is 5.40. The zero-order valence-corrected chi connectivity index (χ0v) is 14.2. The minimum Gasteiger partial charge on any atom is -0.356 e. The van der Waals surface area contributed by atoms with Crippen molar-refractivity contribution in [3.05, 3.63) is 66.0 Å². The Morgan fingerprint density at radius 2 is 1.78 bits per heavy atom. The van der Waals surface area contributed by atoms with Crippen LogP contribution in [0.4, 0.5) is 0 Å². The normalized spacial score (nSPS) is 12.0. The Bertz CT molecular complexity index is 606. The Labute approximate surface area is 139 Å². The first kappa shape index (κ1) is 17.0. The van der Waals surface area contributed by atoms with Gasteiger partial charge >= 0.3 is 0 Å². The molecule has 0 aliphatic rings. The number of benzene rings is 1. The summed E-state index contributed by atoms with van der Waals surface area (Å²) in [6.45, 7) is 6.09. The lowest BCUT2D eigenvalue weighted by Crippen LogP contribution is -2.44. The van der Waals surface area contributed by atoms with Crippen molar-refractivity contribution >= 4 is 5.96 Å². The third-order valence-electron chi connectivity index (χ3n) is 3.88. The van der Waals surface area contributed by atoms with Gasteiger partial charge in [-0.05, 0) is 17.7 Å². The fourth-order valence-corrected chi connectivity index (χ4v) is 2.37. The molecule has 0 saturated carbocycles. The molecule has 0 radical (unpaired) electrons. The number of guanidine groups is 1. The monoisotopic (exact) mass is 310 g/mol. The number of nitrogens with zero attached hydrogens (tertiary/aromatic N) is 2. The molecule has 0 aliphatic heterocycles. The minimum absolute atomic E-state index is 0.0415. The molecule has 4 nitrogen and oxygen atoms in total. The Hall–Kier alpha value is -2.36. The van der Waals surface area contributed by atoms with Crippen LogP contribution in [0.1, 0.15) is 25.1 Å². The predicted octanol–water partition coefficient (Wildman–Crippen LogP) is 2.77. The summed E-state index contributed by atoms with van der Waals surface area (Å²) in [4.78, 5) is 8.62. The fraction of sp³-hybridized carbons (Fsp3) is 0.368. The maximum absolute atomic E-state index is 4.33. The highest BCUT2D eigenvalue weighted by molar-refractivity contribution is 5.79. The number of hydrogen-bond donors (Lipinski definition) is 2. The van der Waals surface area contributed by atoms with Crippen LogP contribution in [-0.2, 0) is 11.8 Å². The lowest BCUT2D eigenvalue weighted by Gasteiger charge is -2.26. The predicted molar refractivity (Wildman–Crippen MR) is 96.8 cm³/mol. The van der Waals surface area contributed by atoms with E-state index in [2.05, 4.69) is 58.7 Å². The van der Waals surface area contributed by atoms with E-state index in [1.807, 2.05) is 30.5 Å². The van der Waals surface area contributed by atoms with E-state index in [0.29, 0.717) is 0 Å². The highest BCUT2D eigenvalue weighted by atomic mass is 15.2. The van der Waals surface area contributed by atoms with Crippen LogP contribution in [0.25, 0.3) is 0 Å². The molecule has 2 rings (SSSR count). The van der Waals surface area contributed by atoms with E-state index in [9.17, 15) is 0 Å². The van der Waals surface area contributed by atoms with Crippen molar-refractivity contribution in [3.8, 4) is 0 Å². The first-order chi connectivity index (χ1) is 11.1. The number of hydrogen-bond acceptors (Lipinski definition) is 2. The minimum atomic E-state index is 0.0415. The van der Waals surface area contributed by atoms with E-state index in [1.165, 1.54) is 5.56 Å². The Morgan fingerprint density at radius 3 is 2.43 bits per heavy atom. The van der Waals surface area contributed by atoms with E-state index in [0.717, 1.165) is 31.2 Å². The molecule has 0 fully saturated rings. The third-order valence-corrected chi connectivity index (χ3v) is 3.88. The molecule has 0 amide bonds. The smallest absolute Gasteiger partial charge is 0.191 e. The van der Waals surface area contributed by atoms with Crippen LogP contribution in [0.2, 0.25) is 0 Å². The molecule has 122 valence electrons. The highest BCUT2D eigenvalue weighted by Gasteiger charge is 2.20. The summed E-state index contributed by atoms with van der Waals surface area (Å²) >= 11 is 0. The fourth-order valence-electron chi connectivity index (χ4n) is 2.37. The van der Waals surface area contributed by atoms with Crippen LogP contribution in [0.5, 0.6) is 0 Å². The number of nitrogens with one attached hydrogen (secondary N) is 2. The summed E-state index contributed by atoms with van der Waals surface area (Å²) in [5.74, 6) is 0.824. The van der Waals surface area contributed by atoms with Crippen molar-refractivity contribution < 1.29 is 0 Å². The number of rotatable bonds is 6. The molecule has 0 aliphatic carbocycles. The van der Waals surface area contributed by atoms with Crippen molar-refractivity contribution in [2.75, 3.05) is 20.1 Å². The van der Waals surface area contributed by atoms with E-state index >= 15 is 0 Å². The molecule has 0 spiro atoms. The Morgan fingerprint density at radius 1 is 1.04 bits per heavy atom. The van der Waals surface area contributed by atoms with Crippen molar-refractivity contribution in [1.29, 1.82) is 0 Å². The summed E-state index contributed by atoms with van der Waals surface area (Å²) in [7, 11) is 1.80. The first-order valence-electron chi connectivity index (χ1n) is 8.02. The largest absolute Gasteiger partial charge is 0.356 e. The molecular formula is C19H26N4. The van der Waals surface area contributed by atoms with Gasteiger partial charge in [0.1, 0.15) is 0 Å². The molecule has 23 heavy (non-hydrogen) atoms. The van der Waals surface area contributed by atoms with Gasteiger partial charge in [-0.25, -0.2) is 0 Å². The number of aliphatic imine (C=N–C) groups is 1. The second-order valence-electron chi connectivity index (χ2n) is 6.17. The van der Waals surface area contributed by atoms with Gasteiger partial charge in [-0.15, -0.1) is 0 Å². The molecular weight excluding hydrogens is 284 g/mol. The number of pyridine rings is 1. The van der Waals surface area contributed by atoms with Crippen LogP contribution in [0.3, 0.4) is 0 Å². The second-order valence-corrected chi connectivity index (χ2v) is 6.17. The summed E-state index contributed by atoms with van der Waals surface area (Å²) in [6.07, 6.45) is 2.70. The van der Waals surface area contributed by atoms with Gasteiger partial charge in [0, 0.05) is 43.9 Å². The lowest BCUT2D eigenvalue weighted by atomic mass is 9.85. The molecule has 1 aromatic carbocycles. The zero-order valence-electron chi connectivity index (χ0n) is 14.2. The standard InChI is InChI=1S/C19H26N4/c1-19(2,16-9-5-4-6-10-16)15-23-18(20-3)22-14-12-17-11-7-8-13-21-17/h4-11,13H,12,14-15H2,1-3H3,(H2,20,22,23). The van der Waals surface area contributed by atoms with Crippen LogP contribution in [0, 0.1) is 0 Å². The quantitative estimate of drug-likeness (QED) is 0.637. The molecule has 1 heterocycles. The topological polar surface area (TPSA) is 49.3 Å². The van der Waals surface area contributed by atoms with Crippen LogP contribution < -0.4 is 10.6 Å². The number of aromatic nitrogens is 1. The molecule has 2 N–H and O–H groups in total. The van der Waals surface area contributed by atoms with Gasteiger partial charge in [0.05, 0.1) is 0 Å². The molecule has 1 aromatic heterocycles. The van der Waals surface area contributed by atoms with E-state index in [-0.39, 0.29) is 5.41 Å². The van der Waals surface area contributed by atoms with Crippen molar-refractivity contribution in [3.63, 3.8) is 0 Å². The summed E-state index contributed by atoms with van der Waals surface area (Å²) in [6, 6.07) is 16.5. The summed E-state index contributed by atoms with van der Waals surface area (Å²) in [5, 5.41) is 6.75.